The van der Waals surface area contributed by atoms with Crippen molar-refractivity contribution in [1.29, 1.82) is 0 Å². The number of carbonyl (C=O) groups is 1. The van der Waals surface area contributed by atoms with E-state index in [-0.39, 0.29) is 5.91 Å². The summed E-state index contributed by atoms with van der Waals surface area (Å²) in [6.45, 7) is 0.368. The highest BCUT2D eigenvalue weighted by Crippen LogP contribution is 2.28. The summed E-state index contributed by atoms with van der Waals surface area (Å²) in [7, 11) is 0. The van der Waals surface area contributed by atoms with E-state index in [0.717, 1.165) is 30.6 Å². The van der Waals surface area contributed by atoms with Crippen LogP contribution in [0.15, 0.2) is 29.2 Å². The highest BCUT2D eigenvalue weighted by Gasteiger charge is 2.31. The summed E-state index contributed by atoms with van der Waals surface area (Å²) in [5.41, 5.74) is -0.680. The summed E-state index contributed by atoms with van der Waals surface area (Å²) in [6, 6.07) is 7.40. The van der Waals surface area contributed by atoms with E-state index in [1.807, 2.05) is 24.3 Å². The molecule has 0 bridgehead atoms. The minimum absolute atomic E-state index is 0.0414. The molecule has 1 aromatic carbocycles. The van der Waals surface area contributed by atoms with Crippen LogP contribution in [-0.4, -0.2) is 28.9 Å². The molecule has 1 aliphatic rings. The van der Waals surface area contributed by atoms with Gasteiger partial charge >= 0.3 is 0 Å². The zero-order chi connectivity index (χ0) is 13.7. The van der Waals surface area contributed by atoms with Gasteiger partial charge in [0.05, 0.1) is 11.4 Å². The minimum Gasteiger partial charge on any atom is -0.388 e. The molecule has 2 rings (SSSR count). The Hall–Kier alpha value is -0.710. The van der Waals surface area contributed by atoms with E-state index in [0.29, 0.717) is 17.3 Å². The summed E-state index contributed by atoms with van der Waals surface area (Å²) >= 11 is 7.26. The van der Waals surface area contributed by atoms with Gasteiger partial charge in [-0.1, -0.05) is 24.4 Å². The minimum atomic E-state index is -0.680. The third-order valence-corrected chi connectivity index (χ3v) is 4.60. The molecule has 104 valence electrons. The average molecular weight is 300 g/mol. The molecule has 2 N–H and O–H groups in total. The molecule has 1 saturated carbocycles. The Bertz CT molecular complexity index is 430. The first-order valence-corrected chi connectivity index (χ1v) is 7.81. The molecule has 0 radical (unpaired) electrons. The van der Waals surface area contributed by atoms with E-state index in [4.69, 9.17) is 11.6 Å². The highest BCUT2D eigenvalue weighted by molar-refractivity contribution is 8.00. The van der Waals surface area contributed by atoms with Gasteiger partial charge in [0.2, 0.25) is 5.91 Å². The molecule has 0 aliphatic heterocycles. The Balaban J connectivity index is 1.71. The number of amides is 1. The topological polar surface area (TPSA) is 49.3 Å². The van der Waals surface area contributed by atoms with Crippen LogP contribution in [-0.2, 0) is 4.79 Å². The van der Waals surface area contributed by atoms with Crippen molar-refractivity contribution in [3.8, 4) is 0 Å². The smallest absolute Gasteiger partial charge is 0.230 e. The van der Waals surface area contributed by atoms with Gasteiger partial charge in [-0.2, -0.15) is 0 Å². The normalized spacial score (nSPS) is 17.4. The molecular formula is C14H18ClNO2S. The second-order valence-electron chi connectivity index (χ2n) is 4.95. The van der Waals surface area contributed by atoms with Crippen molar-refractivity contribution in [3.05, 3.63) is 29.3 Å². The van der Waals surface area contributed by atoms with Gasteiger partial charge in [-0.05, 0) is 37.1 Å². The highest BCUT2D eigenvalue weighted by atomic mass is 35.5. The van der Waals surface area contributed by atoms with Crippen LogP contribution in [0.25, 0.3) is 0 Å². The summed E-state index contributed by atoms with van der Waals surface area (Å²) in [5.74, 6) is 0.317. The molecule has 0 aromatic heterocycles. The SMILES string of the molecule is O=C(CSc1ccc(Cl)cc1)NCC1(O)CCCC1. The predicted octanol–water partition coefficient (Wildman–Crippen LogP) is 2.85. The fourth-order valence-corrected chi connectivity index (χ4v) is 3.06. The van der Waals surface area contributed by atoms with Crippen LogP contribution < -0.4 is 5.32 Å². The lowest BCUT2D eigenvalue weighted by molar-refractivity contribution is -0.119. The van der Waals surface area contributed by atoms with Crippen LogP contribution in [0.1, 0.15) is 25.7 Å². The molecule has 3 nitrogen and oxygen atoms in total. The standard InChI is InChI=1S/C14H18ClNO2S/c15-11-3-5-12(6-4-11)19-9-13(17)16-10-14(18)7-1-2-8-14/h3-6,18H,1-2,7-10H2,(H,16,17). The number of hydrogen-bond donors (Lipinski definition) is 2. The van der Waals surface area contributed by atoms with Gasteiger partial charge in [-0.15, -0.1) is 11.8 Å². The van der Waals surface area contributed by atoms with Gasteiger partial charge in [0.1, 0.15) is 0 Å². The quantitative estimate of drug-likeness (QED) is 0.822. The molecule has 1 aromatic rings. The van der Waals surface area contributed by atoms with E-state index in [1.54, 1.807) is 0 Å². The van der Waals surface area contributed by atoms with Crippen LogP contribution in [0.3, 0.4) is 0 Å². The first-order valence-electron chi connectivity index (χ1n) is 6.45. The number of carbonyl (C=O) groups excluding carboxylic acids is 1. The van der Waals surface area contributed by atoms with E-state index < -0.39 is 5.60 Å². The van der Waals surface area contributed by atoms with Gasteiger partial charge in [-0.3, -0.25) is 4.79 Å². The number of halogens is 1. The maximum absolute atomic E-state index is 11.7. The molecule has 0 heterocycles. The number of benzene rings is 1. The molecule has 0 spiro atoms. The lowest BCUT2D eigenvalue weighted by atomic mass is 10.0. The number of aliphatic hydroxyl groups is 1. The lowest BCUT2D eigenvalue weighted by Gasteiger charge is -2.22. The molecule has 0 atom stereocenters. The Morgan fingerprint density at radius 2 is 1.95 bits per heavy atom. The summed E-state index contributed by atoms with van der Waals surface area (Å²) in [5, 5.41) is 13.6. The van der Waals surface area contributed by atoms with Crippen LogP contribution in [0.5, 0.6) is 0 Å². The van der Waals surface area contributed by atoms with Gasteiger partial charge in [0, 0.05) is 16.5 Å². The molecule has 0 unspecified atom stereocenters. The molecule has 1 fully saturated rings. The molecule has 19 heavy (non-hydrogen) atoms. The van der Waals surface area contributed by atoms with Gasteiger partial charge in [-0.25, -0.2) is 0 Å². The fraction of sp³-hybridized carbons (Fsp3) is 0.500. The Morgan fingerprint density at radius 3 is 2.58 bits per heavy atom. The van der Waals surface area contributed by atoms with E-state index in [2.05, 4.69) is 5.32 Å². The third-order valence-electron chi connectivity index (χ3n) is 3.33. The predicted molar refractivity (Wildman–Crippen MR) is 78.6 cm³/mol. The first kappa shape index (κ1) is 14.7. The average Bonchev–Trinajstić information content (AvgIpc) is 2.83. The van der Waals surface area contributed by atoms with Crippen molar-refractivity contribution in [2.75, 3.05) is 12.3 Å². The number of nitrogens with one attached hydrogen (secondary N) is 1. The second kappa shape index (κ2) is 6.64. The summed E-state index contributed by atoms with van der Waals surface area (Å²) in [6.07, 6.45) is 3.67. The van der Waals surface area contributed by atoms with Gasteiger partial charge in [0.15, 0.2) is 0 Å². The van der Waals surface area contributed by atoms with Gasteiger partial charge in [0.25, 0.3) is 0 Å². The Labute approximate surface area is 122 Å². The first-order chi connectivity index (χ1) is 9.07. The van der Waals surface area contributed by atoms with Crippen LogP contribution >= 0.6 is 23.4 Å². The zero-order valence-corrected chi connectivity index (χ0v) is 12.3. The van der Waals surface area contributed by atoms with Crippen LogP contribution in [0, 0.1) is 0 Å². The number of hydrogen-bond acceptors (Lipinski definition) is 3. The van der Waals surface area contributed by atoms with Crippen molar-refractivity contribution in [2.24, 2.45) is 0 Å². The maximum atomic E-state index is 11.7. The molecule has 1 amide bonds. The van der Waals surface area contributed by atoms with Crippen molar-refractivity contribution < 1.29 is 9.90 Å². The van der Waals surface area contributed by atoms with Gasteiger partial charge < -0.3 is 10.4 Å². The number of rotatable bonds is 5. The van der Waals surface area contributed by atoms with Crippen molar-refractivity contribution in [2.45, 2.75) is 36.2 Å². The van der Waals surface area contributed by atoms with E-state index in [1.165, 1.54) is 11.8 Å². The monoisotopic (exact) mass is 299 g/mol. The van der Waals surface area contributed by atoms with Crippen molar-refractivity contribution in [1.82, 2.24) is 5.32 Å². The maximum Gasteiger partial charge on any atom is 0.230 e. The Kier molecular flexibility index (Phi) is 5.13. The number of thioether (sulfide) groups is 1. The fourth-order valence-electron chi connectivity index (χ4n) is 2.20. The molecule has 1 aliphatic carbocycles. The van der Waals surface area contributed by atoms with E-state index >= 15 is 0 Å². The van der Waals surface area contributed by atoms with E-state index in [9.17, 15) is 9.90 Å². The molecule has 5 heteroatoms. The molecule has 0 saturated heterocycles. The summed E-state index contributed by atoms with van der Waals surface area (Å²) in [4.78, 5) is 12.7. The van der Waals surface area contributed by atoms with Crippen LogP contribution in [0.4, 0.5) is 0 Å². The Morgan fingerprint density at radius 1 is 1.32 bits per heavy atom. The summed E-state index contributed by atoms with van der Waals surface area (Å²) < 4.78 is 0. The second-order valence-corrected chi connectivity index (χ2v) is 6.44. The van der Waals surface area contributed by atoms with Crippen molar-refractivity contribution >= 4 is 29.3 Å². The van der Waals surface area contributed by atoms with Crippen LogP contribution in [0.2, 0.25) is 5.02 Å². The van der Waals surface area contributed by atoms with Crippen molar-refractivity contribution in [3.63, 3.8) is 0 Å². The zero-order valence-electron chi connectivity index (χ0n) is 10.7. The third kappa shape index (κ3) is 4.71. The lowest BCUT2D eigenvalue weighted by Crippen LogP contribution is -2.41. The largest absolute Gasteiger partial charge is 0.388 e. The molecular weight excluding hydrogens is 282 g/mol.